The molecule has 0 spiro atoms. The minimum absolute atomic E-state index is 0.0611. The number of ketones is 1. The van der Waals surface area contributed by atoms with Crippen molar-refractivity contribution in [3.8, 4) is 0 Å². The van der Waals surface area contributed by atoms with Crippen LogP contribution in [0.3, 0.4) is 0 Å². The first-order chi connectivity index (χ1) is 6.54. The Labute approximate surface area is 92.3 Å². The fraction of sp³-hybridized carbons (Fsp3) is 0.917. The van der Waals surface area contributed by atoms with E-state index in [-0.39, 0.29) is 23.3 Å². The van der Waals surface area contributed by atoms with Gasteiger partial charge in [0.05, 0.1) is 5.60 Å². The zero-order chi connectivity index (χ0) is 11.9. The van der Waals surface area contributed by atoms with E-state index in [4.69, 9.17) is 0 Å². The highest BCUT2D eigenvalue weighted by molar-refractivity contribution is 5.76. The van der Waals surface area contributed by atoms with Crippen LogP contribution < -0.4 is 5.32 Å². The molecule has 0 atom stereocenters. The summed E-state index contributed by atoms with van der Waals surface area (Å²) in [6.45, 7) is 9.82. The third-order valence-electron chi connectivity index (χ3n) is 2.80. The molecule has 0 aromatic heterocycles. The van der Waals surface area contributed by atoms with Gasteiger partial charge in [0.2, 0.25) is 0 Å². The van der Waals surface area contributed by atoms with Gasteiger partial charge in [0, 0.05) is 17.5 Å². The molecule has 1 saturated heterocycles. The maximum Gasteiger partial charge on any atom is 0.132 e. The van der Waals surface area contributed by atoms with E-state index in [1.165, 1.54) is 0 Å². The summed E-state index contributed by atoms with van der Waals surface area (Å²) >= 11 is 0. The maximum atomic E-state index is 11.2. The third kappa shape index (κ3) is 3.58. The largest absolute Gasteiger partial charge is 0.389 e. The van der Waals surface area contributed by atoms with Gasteiger partial charge in [-0.25, -0.2) is 0 Å². The Balaban J connectivity index is 2.86. The zero-order valence-electron chi connectivity index (χ0n) is 10.5. The van der Waals surface area contributed by atoms with Crippen LogP contribution in [0, 0.1) is 0 Å². The molecule has 0 saturated carbocycles. The van der Waals surface area contributed by atoms with Crippen molar-refractivity contribution in [3.63, 3.8) is 0 Å². The smallest absolute Gasteiger partial charge is 0.132 e. The van der Waals surface area contributed by atoms with E-state index in [0.29, 0.717) is 12.8 Å². The number of piperidine rings is 1. The van der Waals surface area contributed by atoms with Crippen LogP contribution in [0.4, 0.5) is 0 Å². The molecule has 15 heavy (non-hydrogen) atoms. The van der Waals surface area contributed by atoms with E-state index in [2.05, 4.69) is 33.0 Å². The molecule has 3 nitrogen and oxygen atoms in total. The number of Topliss-reactive ketones (excluding diaryl/α,β-unsaturated/α-hetero) is 1. The van der Waals surface area contributed by atoms with E-state index < -0.39 is 5.60 Å². The van der Waals surface area contributed by atoms with Crippen LogP contribution in [0.2, 0.25) is 0 Å². The van der Waals surface area contributed by atoms with Gasteiger partial charge in [-0.05, 0) is 47.5 Å². The highest BCUT2D eigenvalue weighted by atomic mass is 16.3. The highest BCUT2D eigenvalue weighted by Crippen LogP contribution is 2.37. The normalized spacial score (nSPS) is 27.3. The second-order valence-corrected chi connectivity index (χ2v) is 6.35. The number of aliphatic hydroxyl groups is 1. The standard InChI is InChI=1S/C12H23NO2/c1-9(14)6-12(15)7-10(2,3)13-11(4,5)8-12/h13,15H,6-8H2,1-5H3. The first-order valence-corrected chi connectivity index (χ1v) is 5.55. The van der Waals surface area contributed by atoms with Gasteiger partial charge < -0.3 is 10.4 Å². The topological polar surface area (TPSA) is 49.3 Å². The Bertz CT molecular complexity index is 253. The summed E-state index contributed by atoms with van der Waals surface area (Å²) < 4.78 is 0. The number of hydrogen-bond acceptors (Lipinski definition) is 3. The van der Waals surface area contributed by atoms with Crippen molar-refractivity contribution < 1.29 is 9.90 Å². The van der Waals surface area contributed by atoms with Crippen molar-refractivity contribution in [2.75, 3.05) is 0 Å². The number of carbonyl (C=O) groups excluding carboxylic acids is 1. The molecule has 3 heteroatoms. The van der Waals surface area contributed by atoms with Crippen molar-refractivity contribution in [2.24, 2.45) is 0 Å². The molecule has 1 aliphatic heterocycles. The van der Waals surface area contributed by atoms with Crippen molar-refractivity contribution >= 4 is 5.78 Å². The van der Waals surface area contributed by atoms with Crippen LogP contribution in [0.1, 0.15) is 53.9 Å². The van der Waals surface area contributed by atoms with Crippen LogP contribution >= 0.6 is 0 Å². The van der Waals surface area contributed by atoms with Gasteiger partial charge in [-0.3, -0.25) is 4.79 Å². The van der Waals surface area contributed by atoms with E-state index in [1.807, 2.05) is 0 Å². The lowest BCUT2D eigenvalue weighted by atomic mass is 9.71. The molecule has 0 amide bonds. The SMILES string of the molecule is CC(=O)CC1(O)CC(C)(C)NC(C)(C)C1. The Morgan fingerprint density at radius 2 is 1.60 bits per heavy atom. The Hall–Kier alpha value is -0.410. The van der Waals surface area contributed by atoms with Crippen LogP contribution in [-0.2, 0) is 4.79 Å². The Kier molecular flexibility index (Phi) is 3.01. The number of hydrogen-bond donors (Lipinski definition) is 2. The molecule has 0 unspecified atom stereocenters. The fourth-order valence-electron chi connectivity index (χ4n) is 3.30. The minimum atomic E-state index is -0.843. The van der Waals surface area contributed by atoms with Crippen molar-refractivity contribution in [1.29, 1.82) is 0 Å². The predicted molar refractivity (Wildman–Crippen MR) is 60.8 cm³/mol. The molecule has 1 fully saturated rings. The van der Waals surface area contributed by atoms with E-state index in [9.17, 15) is 9.90 Å². The van der Waals surface area contributed by atoms with Crippen LogP contribution in [-0.4, -0.2) is 27.6 Å². The van der Waals surface area contributed by atoms with Crippen molar-refractivity contribution in [3.05, 3.63) is 0 Å². The molecule has 0 aromatic carbocycles. The van der Waals surface area contributed by atoms with Crippen LogP contribution in [0.25, 0.3) is 0 Å². The molecular formula is C12H23NO2. The molecule has 1 aliphatic rings. The molecule has 1 rings (SSSR count). The number of carbonyl (C=O) groups is 1. The third-order valence-corrected chi connectivity index (χ3v) is 2.80. The van der Waals surface area contributed by atoms with E-state index >= 15 is 0 Å². The summed E-state index contributed by atoms with van der Waals surface area (Å²) in [5.41, 5.74) is -1.08. The second kappa shape index (κ2) is 3.56. The van der Waals surface area contributed by atoms with Crippen molar-refractivity contribution in [2.45, 2.75) is 70.6 Å². The molecule has 0 bridgehead atoms. The van der Waals surface area contributed by atoms with Gasteiger partial charge in [-0.1, -0.05) is 0 Å². The van der Waals surface area contributed by atoms with Crippen LogP contribution in [0.15, 0.2) is 0 Å². The highest BCUT2D eigenvalue weighted by Gasteiger charge is 2.46. The molecule has 1 heterocycles. The lowest BCUT2D eigenvalue weighted by Crippen LogP contribution is -2.63. The summed E-state index contributed by atoms with van der Waals surface area (Å²) in [5, 5.41) is 13.9. The predicted octanol–water partition coefficient (Wildman–Crippen LogP) is 1.64. The first kappa shape index (κ1) is 12.7. The maximum absolute atomic E-state index is 11.2. The molecular weight excluding hydrogens is 190 g/mol. The van der Waals surface area contributed by atoms with Gasteiger partial charge in [0.25, 0.3) is 0 Å². The Morgan fingerprint density at radius 3 is 1.93 bits per heavy atom. The first-order valence-electron chi connectivity index (χ1n) is 5.55. The lowest BCUT2D eigenvalue weighted by molar-refractivity contribution is -0.126. The molecule has 2 N–H and O–H groups in total. The lowest BCUT2D eigenvalue weighted by Gasteiger charge is -2.50. The molecule has 88 valence electrons. The van der Waals surface area contributed by atoms with Gasteiger partial charge in [0.15, 0.2) is 0 Å². The summed E-state index contributed by atoms with van der Waals surface area (Å²) in [5.74, 6) is 0.0611. The van der Waals surface area contributed by atoms with Crippen LogP contribution in [0.5, 0.6) is 0 Å². The quantitative estimate of drug-likeness (QED) is 0.733. The number of nitrogens with one attached hydrogen (secondary N) is 1. The summed E-state index contributed by atoms with van der Waals surface area (Å²) in [6, 6.07) is 0. The zero-order valence-corrected chi connectivity index (χ0v) is 10.5. The van der Waals surface area contributed by atoms with Crippen molar-refractivity contribution in [1.82, 2.24) is 5.32 Å². The minimum Gasteiger partial charge on any atom is -0.389 e. The van der Waals surface area contributed by atoms with E-state index in [1.54, 1.807) is 6.92 Å². The molecule has 0 radical (unpaired) electrons. The summed E-state index contributed by atoms with van der Waals surface area (Å²) in [6.07, 6.45) is 1.52. The average Bonchev–Trinajstić information content (AvgIpc) is 1.70. The van der Waals surface area contributed by atoms with Gasteiger partial charge >= 0.3 is 0 Å². The van der Waals surface area contributed by atoms with Gasteiger partial charge in [-0.2, -0.15) is 0 Å². The average molecular weight is 213 g/mol. The number of rotatable bonds is 2. The summed E-state index contributed by atoms with van der Waals surface area (Å²) in [7, 11) is 0. The summed E-state index contributed by atoms with van der Waals surface area (Å²) in [4.78, 5) is 11.2. The Morgan fingerprint density at radius 1 is 1.20 bits per heavy atom. The second-order valence-electron chi connectivity index (χ2n) is 6.35. The monoisotopic (exact) mass is 213 g/mol. The molecule has 0 aromatic rings. The van der Waals surface area contributed by atoms with E-state index in [0.717, 1.165) is 0 Å². The van der Waals surface area contributed by atoms with Gasteiger partial charge in [0.1, 0.15) is 5.78 Å². The molecule has 0 aliphatic carbocycles. The fourth-order valence-corrected chi connectivity index (χ4v) is 3.30. The van der Waals surface area contributed by atoms with Gasteiger partial charge in [-0.15, -0.1) is 0 Å².